The van der Waals surface area contributed by atoms with Crippen molar-refractivity contribution in [2.75, 3.05) is 26.0 Å². The van der Waals surface area contributed by atoms with E-state index in [2.05, 4.69) is 22.3 Å². The third kappa shape index (κ3) is 6.21. The third-order valence-electron chi connectivity index (χ3n) is 4.55. The largest absolute Gasteiger partial charge is 0.465 e. The molecule has 7 nitrogen and oxygen atoms in total. The Kier molecular flexibility index (Phi) is 7.07. The van der Waals surface area contributed by atoms with Crippen LogP contribution in [0.5, 0.6) is 0 Å². The number of carbonyl (C=O) groups is 2. The molecule has 7 heteroatoms. The van der Waals surface area contributed by atoms with Crippen molar-refractivity contribution in [3.05, 3.63) is 83.2 Å². The molecule has 0 aliphatic rings. The van der Waals surface area contributed by atoms with Crippen molar-refractivity contribution in [2.24, 2.45) is 7.05 Å². The van der Waals surface area contributed by atoms with Crippen LogP contribution in [0.2, 0.25) is 0 Å². The van der Waals surface area contributed by atoms with Crippen LogP contribution in [0.3, 0.4) is 0 Å². The van der Waals surface area contributed by atoms with Crippen LogP contribution in [0.4, 0.5) is 5.69 Å². The molecule has 0 radical (unpaired) electrons. The predicted molar refractivity (Wildman–Crippen MR) is 118 cm³/mol. The smallest absolute Gasteiger partial charge is 0.337 e. The van der Waals surface area contributed by atoms with Gasteiger partial charge < -0.3 is 15.0 Å². The van der Waals surface area contributed by atoms with Gasteiger partial charge in [-0.3, -0.25) is 9.48 Å². The van der Waals surface area contributed by atoms with Gasteiger partial charge >= 0.3 is 5.97 Å². The van der Waals surface area contributed by atoms with E-state index in [-0.39, 0.29) is 12.5 Å². The van der Waals surface area contributed by atoms with Crippen molar-refractivity contribution in [3.63, 3.8) is 0 Å². The van der Waals surface area contributed by atoms with Gasteiger partial charge in [-0.2, -0.15) is 5.10 Å². The van der Waals surface area contributed by atoms with Gasteiger partial charge in [-0.25, -0.2) is 4.79 Å². The van der Waals surface area contributed by atoms with Crippen molar-refractivity contribution in [3.8, 4) is 11.8 Å². The number of aromatic nitrogens is 2. The lowest BCUT2D eigenvalue weighted by molar-refractivity contribution is -0.128. The van der Waals surface area contributed by atoms with Crippen LogP contribution in [0.1, 0.15) is 27.0 Å². The Bertz CT molecular complexity index is 1140. The van der Waals surface area contributed by atoms with Gasteiger partial charge in [0.05, 0.1) is 25.4 Å². The maximum absolute atomic E-state index is 12.4. The summed E-state index contributed by atoms with van der Waals surface area (Å²) >= 11 is 0. The Morgan fingerprint density at radius 3 is 2.52 bits per heavy atom. The summed E-state index contributed by atoms with van der Waals surface area (Å²) in [6.07, 6.45) is 3.64. The van der Waals surface area contributed by atoms with Gasteiger partial charge in [-0.05, 0) is 36.4 Å². The number of benzene rings is 2. The fourth-order valence-electron chi connectivity index (χ4n) is 2.92. The number of methoxy groups -OCH3 is 1. The fraction of sp³-hybridized carbons (Fsp3) is 0.208. The molecule has 0 spiro atoms. The Labute approximate surface area is 181 Å². The molecule has 1 amide bonds. The molecule has 0 fully saturated rings. The van der Waals surface area contributed by atoms with Crippen LogP contribution in [0, 0.1) is 11.8 Å². The molecule has 0 bridgehead atoms. The molecule has 0 aliphatic carbocycles. The molecule has 1 heterocycles. The summed E-state index contributed by atoms with van der Waals surface area (Å²) in [4.78, 5) is 25.7. The zero-order valence-electron chi connectivity index (χ0n) is 17.8. The van der Waals surface area contributed by atoms with E-state index in [1.54, 1.807) is 41.0 Å². The number of ether oxygens (including phenoxy) is 1. The maximum Gasteiger partial charge on any atom is 0.337 e. The van der Waals surface area contributed by atoms with Gasteiger partial charge in [0, 0.05) is 49.2 Å². The summed E-state index contributed by atoms with van der Waals surface area (Å²) in [6, 6.07) is 14.5. The first-order valence-electron chi connectivity index (χ1n) is 9.70. The first-order valence-corrected chi connectivity index (χ1v) is 9.70. The molecule has 0 unspecified atom stereocenters. The van der Waals surface area contributed by atoms with Crippen molar-refractivity contribution in [1.29, 1.82) is 0 Å². The second-order valence-electron chi connectivity index (χ2n) is 7.03. The van der Waals surface area contributed by atoms with E-state index >= 15 is 0 Å². The van der Waals surface area contributed by atoms with E-state index in [1.807, 2.05) is 43.6 Å². The third-order valence-corrected chi connectivity index (χ3v) is 4.55. The van der Waals surface area contributed by atoms with Crippen molar-refractivity contribution >= 4 is 17.6 Å². The van der Waals surface area contributed by atoms with E-state index < -0.39 is 5.97 Å². The van der Waals surface area contributed by atoms with Crippen LogP contribution < -0.4 is 5.32 Å². The minimum Gasteiger partial charge on any atom is -0.465 e. The normalized spacial score (nSPS) is 10.0. The Balaban J connectivity index is 1.60. The SMILES string of the molecule is COC(=O)c1cccc(C#Cc2cccc(NCC(=O)N(C)Cc3cnn(C)c3)c2)c1. The van der Waals surface area contributed by atoms with Gasteiger partial charge in [0.1, 0.15) is 0 Å². The van der Waals surface area contributed by atoms with E-state index in [4.69, 9.17) is 4.74 Å². The summed E-state index contributed by atoms with van der Waals surface area (Å²) in [5, 5.41) is 7.26. The average Bonchev–Trinajstić information content (AvgIpc) is 3.20. The highest BCUT2D eigenvalue weighted by molar-refractivity contribution is 5.89. The molecule has 1 N–H and O–H groups in total. The monoisotopic (exact) mass is 416 g/mol. The highest BCUT2D eigenvalue weighted by Gasteiger charge is 2.10. The fourth-order valence-corrected chi connectivity index (χ4v) is 2.92. The number of nitrogens with zero attached hydrogens (tertiary/aromatic N) is 3. The second kappa shape index (κ2) is 10.1. The highest BCUT2D eigenvalue weighted by Crippen LogP contribution is 2.11. The highest BCUT2D eigenvalue weighted by atomic mass is 16.5. The molecule has 3 aromatic rings. The van der Waals surface area contributed by atoms with Crippen molar-refractivity contribution < 1.29 is 14.3 Å². The predicted octanol–water partition coefficient (Wildman–Crippen LogP) is 2.68. The molecule has 0 saturated heterocycles. The van der Waals surface area contributed by atoms with Crippen LogP contribution in [-0.2, 0) is 23.1 Å². The molecule has 3 rings (SSSR count). The molecular formula is C24H24N4O3. The summed E-state index contributed by atoms with van der Waals surface area (Å²) < 4.78 is 6.45. The van der Waals surface area contributed by atoms with Gasteiger partial charge in [-0.15, -0.1) is 0 Å². The van der Waals surface area contributed by atoms with Crippen LogP contribution in [-0.4, -0.2) is 47.3 Å². The van der Waals surface area contributed by atoms with E-state index in [9.17, 15) is 9.59 Å². The van der Waals surface area contributed by atoms with E-state index in [0.717, 1.165) is 16.8 Å². The number of carbonyl (C=O) groups excluding carboxylic acids is 2. The molecular weight excluding hydrogens is 392 g/mol. The second-order valence-corrected chi connectivity index (χ2v) is 7.03. The molecule has 1 aromatic heterocycles. The zero-order chi connectivity index (χ0) is 22.2. The number of anilines is 1. The van der Waals surface area contributed by atoms with Gasteiger partial charge in [0.2, 0.25) is 5.91 Å². The number of hydrogen-bond acceptors (Lipinski definition) is 5. The Morgan fingerprint density at radius 2 is 1.84 bits per heavy atom. The summed E-state index contributed by atoms with van der Waals surface area (Å²) in [6.45, 7) is 0.680. The quantitative estimate of drug-likeness (QED) is 0.494. The molecule has 2 aromatic carbocycles. The number of rotatable bonds is 6. The minimum atomic E-state index is -0.395. The summed E-state index contributed by atoms with van der Waals surface area (Å²) in [5.41, 5.74) is 3.75. The standard InChI is InChI=1S/C24H24N4O3/c1-27(16-20-14-26-28(2)17-20)23(29)15-25-22-9-5-7-19(13-22)11-10-18-6-4-8-21(12-18)24(30)31-3/h4-9,12-14,17,25H,15-16H2,1-3H3. The summed E-state index contributed by atoms with van der Waals surface area (Å²) in [5.74, 6) is 5.71. The van der Waals surface area contributed by atoms with Crippen molar-refractivity contribution in [2.45, 2.75) is 6.54 Å². The Morgan fingerprint density at radius 1 is 1.13 bits per heavy atom. The van der Waals surface area contributed by atoms with E-state index in [1.165, 1.54) is 7.11 Å². The number of amides is 1. The molecule has 158 valence electrons. The molecule has 31 heavy (non-hydrogen) atoms. The van der Waals surface area contributed by atoms with Crippen LogP contribution in [0.15, 0.2) is 60.9 Å². The molecule has 0 atom stereocenters. The van der Waals surface area contributed by atoms with Gasteiger partial charge in [-0.1, -0.05) is 24.0 Å². The van der Waals surface area contributed by atoms with Crippen LogP contribution >= 0.6 is 0 Å². The minimum absolute atomic E-state index is 0.0278. The van der Waals surface area contributed by atoms with Gasteiger partial charge in [0.25, 0.3) is 0 Å². The lowest BCUT2D eigenvalue weighted by Crippen LogP contribution is -2.31. The average molecular weight is 416 g/mol. The topological polar surface area (TPSA) is 76.5 Å². The first kappa shape index (κ1) is 21.7. The number of hydrogen-bond donors (Lipinski definition) is 1. The van der Waals surface area contributed by atoms with Gasteiger partial charge in [0.15, 0.2) is 0 Å². The number of nitrogens with one attached hydrogen (secondary N) is 1. The maximum atomic E-state index is 12.4. The van der Waals surface area contributed by atoms with Crippen LogP contribution in [0.25, 0.3) is 0 Å². The lowest BCUT2D eigenvalue weighted by Gasteiger charge is -2.17. The zero-order valence-corrected chi connectivity index (χ0v) is 17.8. The number of likely N-dealkylation sites (N-methyl/N-ethyl adjacent to an activating group) is 1. The van der Waals surface area contributed by atoms with Crippen molar-refractivity contribution in [1.82, 2.24) is 14.7 Å². The molecule has 0 saturated carbocycles. The molecule has 0 aliphatic heterocycles. The lowest BCUT2D eigenvalue weighted by atomic mass is 10.1. The number of aryl methyl sites for hydroxylation is 1. The first-order chi connectivity index (χ1) is 14.9. The van der Waals surface area contributed by atoms with E-state index in [0.29, 0.717) is 17.7 Å². The number of esters is 1. The Hall–Kier alpha value is -4.05. The summed E-state index contributed by atoms with van der Waals surface area (Å²) in [7, 11) is 4.96.